The van der Waals surface area contributed by atoms with Crippen molar-refractivity contribution in [2.24, 2.45) is 0 Å². The van der Waals surface area contributed by atoms with Crippen LogP contribution in [0.25, 0.3) is 0 Å². The van der Waals surface area contributed by atoms with Gasteiger partial charge in [-0.1, -0.05) is 135 Å². The van der Waals surface area contributed by atoms with E-state index in [1.165, 1.54) is 0 Å². The van der Waals surface area contributed by atoms with Gasteiger partial charge in [0.1, 0.15) is 47.0 Å². The Morgan fingerprint density at radius 2 is 1.24 bits per heavy atom. The van der Waals surface area contributed by atoms with Gasteiger partial charge in [0.25, 0.3) is 0 Å². The third-order valence-corrected chi connectivity index (χ3v) is 13.3. The molecule has 306 valence electrons. The van der Waals surface area contributed by atoms with E-state index in [1.807, 2.05) is 80.6 Å². The van der Waals surface area contributed by atoms with E-state index < -0.39 is 49.3 Å². The van der Waals surface area contributed by atoms with Crippen LogP contribution in [0.3, 0.4) is 0 Å². The maximum Gasteiger partial charge on any atom is 0.189 e. The lowest BCUT2D eigenvalue weighted by molar-refractivity contribution is -0.198. The zero-order chi connectivity index (χ0) is 40.6. The van der Waals surface area contributed by atoms with Crippen molar-refractivity contribution < 1.29 is 37.9 Å². The van der Waals surface area contributed by atoms with Crippen LogP contribution in [0.1, 0.15) is 36.1 Å². The van der Waals surface area contributed by atoms with Gasteiger partial charge in [-0.2, -0.15) is 0 Å². The highest BCUT2D eigenvalue weighted by Gasteiger charge is 2.56. The summed E-state index contributed by atoms with van der Waals surface area (Å²) in [5.74, 6) is 0.663. The van der Waals surface area contributed by atoms with Crippen molar-refractivity contribution in [1.82, 2.24) is 0 Å². The maximum absolute atomic E-state index is 7.33. The van der Waals surface area contributed by atoms with Crippen molar-refractivity contribution in [3.8, 4) is 11.5 Å². The molecule has 10 heteroatoms. The fourth-order valence-electron chi connectivity index (χ4n) is 7.43. The van der Waals surface area contributed by atoms with Crippen LogP contribution < -0.4 is 9.47 Å². The van der Waals surface area contributed by atoms with Crippen LogP contribution in [0.15, 0.2) is 144 Å². The van der Waals surface area contributed by atoms with Gasteiger partial charge in [-0.15, -0.1) is 0 Å². The van der Waals surface area contributed by atoms with E-state index in [2.05, 4.69) is 92.4 Å². The second kappa shape index (κ2) is 19.0. The zero-order valence-electron chi connectivity index (χ0n) is 34.4. The van der Waals surface area contributed by atoms with Crippen molar-refractivity contribution in [2.45, 2.75) is 92.3 Å². The number of hydrogen-bond donors (Lipinski definition) is 0. The first-order chi connectivity index (χ1) is 28.0. The number of benzene rings is 5. The number of rotatable bonds is 18. The molecular formula is C48H56O8SSi. The molecule has 0 aromatic heterocycles. The number of methoxy groups -OCH3 is 1. The highest BCUT2D eigenvalue weighted by Crippen LogP contribution is 2.46. The van der Waals surface area contributed by atoms with Crippen molar-refractivity contribution >= 4 is 19.8 Å². The molecule has 0 aliphatic carbocycles. The molecule has 58 heavy (non-hydrogen) atoms. The van der Waals surface area contributed by atoms with Gasteiger partial charge in [0.2, 0.25) is 0 Å². The normalized spacial score (nSPS) is 21.7. The van der Waals surface area contributed by atoms with Crippen LogP contribution in [0.5, 0.6) is 11.5 Å². The molecule has 0 unspecified atom stereocenters. The molecule has 2 aliphatic rings. The monoisotopic (exact) mass is 820 g/mol. The topological polar surface area (TPSA) is 73.8 Å². The largest absolute Gasteiger partial charge is 0.497 e. The van der Waals surface area contributed by atoms with Gasteiger partial charge in [-0.3, -0.25) is 0 Å². The molecule has 7 rings (SSSR count). The lowest BCUT2D eigenvalue weighted by Gasteiger charge is -2.43. The van der Waals surface area contributed by atoms with Crippen molar-refractivity contribution in [3.63, 3.8) is 0 Å². The van der Waals surface area contributed by atoms with Gasteiger partial charge in [-0.25, -0.2) is 0 Å². The molecule has 5 aromatic rings. The molecule has 2 saturated heterocycles. The SMILES string of the molecule is COc1ccc(CO[C@@H]2[C@H]3OC(C)(C)O[C@H]3[C@@H](COC(c3ccccc3)(c3ccccc3)c3ccccc3)O[C@H]2Sc2ccc(OCOCC[Si](C)(C)C)cc2)cc1. The molecule has 2 heterocycles. The molecule has 8 nitrogen and oxygen atoms in total. The first-order valence-corrected chi connectivity index (χ1v) is 24.7. The summed E-state index contributed by atoms with van der Waals surface area (Å²) in [5, 5.41) is 0. The summed E-state index contributed by atoms with van der Waals surface area (Å²) < 4.78 is 51.8. The fraction of sp³-hybridized carbons (Fsp3) is 0.375. The Kier molecular flexibility index (Phi) is 13.8. The van der Waals surface area contributed by atoms with Gasteiger partial charge >= 0.3 is 0 Å². The molecule has 0 radical (unpaired) electrons. The summed E-state index contributed by atoms with van der Waals surface area (Å²) >= 11 is 1.59. The van der Waals surface area contributed by atoms with E-state index in [1.54, 1.807) is 18.9 Å². The predicted octanol–water partition coefficient (Wildman–Crippen LogP) is 10.3. The van der Waals surface area contributed by atoms with Crippen molar-refractivity contribution in [2.75, 3.05) is 27.1 Å². The van der Waals surface area contributed by atoms with Gasteiger partial charge < -0.3 is 37.9 Å². The van der Waals surface area contributed by atoms with E-state index >= 15 is 0 Å². The van der Waals surface area contributed by atoms with E-state index in [0.717, 1.165) is 44.7 Å². The fourth-order valence-corrected chi connectivity index (χ4v) is 9.31. The average Bonchev–Trinajstić information content (AvgIpc) is 3.57. The molecular weight excluding hydrogens is 765 g/mol. The molecule has 2 aliphatic heterocycles. The smallest absolute Gasteiger partial charge is 0.189 e. The standard InChI is InChI=1S/C48H56O8SSi/c1-47(2)55-43-42(33-53-48(36-16-10-7-11-17-36,37-18-12-8-13-19-37)38-20-14-9-15-21-38)54-46(45(44(43)56-47)51-32-35-22-24-39(49-3)25-23-35)57-41-28-26-40(27-29-41)52-34-50-30-31-58(4,5)6/h7-29,42-46H,30-34H2,1-6H3/t42-,43+,44+,45-,46+/m1/s1. The molecule has 0 saturated carbocycles. The lowest BCUT2D eigenvalue weighted by atomic mass is 9.80. The van der Waals surface area contributed by atoms with E-state index in [0.29, 0.717) is 13.2 Å². The third-order valence-electron chi connectivity index (χ3n) is 10.4. The van der Waals surface area contributed by atoms with Crippen LogP contribution in [-0.2, 0) is 40.6 Å². The number of thioether (sulfide) groups is 1. The van der Waals surface area contributed by atoms with Crippen LogP contribution >= 0.6 is 11.8 Å². The summed E-state index contributed by atoms with van der Waals surface area (Å²) in [6.45, 7) is 12.4. The first kappa shape index (κ1) is 42.2. The number of hydrogen-bond acceptors (Lipinski definition) is 9. The minimum Gasteiger partial charge on any atom is -0.497 e. The van der Waals surface area contributed by atoms with Crippen LogP contribution in [-0.4, -0.2) is 70.8 Å². The van der Waals surface area contributed by atoms with Crippen molar-refractivity contribution in [1.29, 1.82) is 0 Å². The van der Waals surface area contributed by atoms with E-state index in [9.17, 15) is 0 Å². The van der Waals surface area contributed by atoms with Gasteiger partial charge in [-0.05, 0) is 78.5 Å². The summed E-state index contributed by atoms with van der Waals surface area (Å²) in [5.41, 5.74) is 2.65. The van der Waals surface area contributed by atoms with Crippen LogP contribution in [0.4, 0.5) is 0 Å². The zero-order valence-corrected chi connectivity index (χ0v) is 36.2. The third kappa shape index (κ3) is 10.4. The Balaban J connectivity index is 1.17. The number of ether oxygens (including phenoxy) is 8. The summed E-state index contributed by atoms with van der Waals surface area (Å²) in [6.07, 6.45) is -1.89. The highest BCUT2D eigenvalue weighted by molar-refractivity contribution is 7.99. The Labute approximate surface area is 349 Å². The first-order valence-electron chi connectivity index (χ1n) is 20.1. The summed E-state index contributed by atoms with van der Waals surface area (Å²) in [4.78, 5) is 0.999. The highest BCUT2D eigenvalue weighted by atomic mass is 32.2. The Morgan fingerprint density at radius 3 is 1.79 bits per heavy atom. The van der Waals surface area contributed by atoms with Gasteiger partial charge in [0.15, 0.2) is 12.6 Å². The second-order valence-electron chi connectivity index (χ2n) is 16.4. The predicted molar refractivity (Wildman–Crippen MR) is 231 cm³/mol. The molecule has 5 atom stereocenters. The Hall–Kier alpha value is -3.97. The molecule has 0 N–H and O–H groups in total. The molecule has 0 bridgehead atoms. The lowest BCUT2D eigenvalue weighted by Crippen LogP contribution is -2.57. The Morgan fingerprint density at radius 1 is 0.690 bits per heavy atom. The maximum atomic E-state index is 7.33. The summed E-state index contributed by atoms with van der Waals surface area (Å²) in [6, 6.07) is 48.2. The van der Waals surface area contributed by atoms with Crippen molar-refractivity contribution in [3.05, 3.63) is 162 Å². The second-order valence-corrected chi connectivity index (χ2v) is 23.2. The van der Waals surface area contributed by atoms with Crippen LogP contribution in [0, 0.1) is 0 Å². The average molecular weight is 821 g/mol. The number of fused-ring (bicyclic) bond motifs is 1. The quantitative estimate of drug-likeness (QED) is 0.0372. The van der Waals surface area contributed by atoms with Gasteiger partial charge in [0.05, 0.1) is 20.3 Å². The van der Waals surface area contributed by atoms with E-state index in [-0.39, 0.29) is 13.4 Å². The summed E-state index contributed by atoms with van der Waals surface area (Å²) in [7, 11) is 0.495. The Bertz CT molecular complexity index is 1900. The van der Waals surface area contributed by atoms with Gasteiger partial charge in [0, 0.05) is 19.6 Å². The molecule has 0 spiro atoms. The van der Waals surface area contributed by atoms with E-state index in [4.69, 9.17) is 37.9 Å². The van der Waals surface area contributed by atoms with Crippen LogP contribution in [0.2, 0.25) is 25.7 Å². The molecule has 5 aromatic carbocycles. The minimum absolute atomic E-state index is 0.214. The molecule has 0 amide bonds. The minimum atomic E-state index is -1.17. The molecule has 2 fully saturated rings.